The second kappa shape index (κ2) is 7.58. The molecule has 1 fully saturated rings. The van der Waals surface area contributed by atoms with Crippen molar-refractivity contribution in [2.45, 2.75) is 31.7 Å². The molecular formula is C21H21F2N3O2. The van der Waals surface area contributed by atoms with Crippen molar-refractivity contribution in [2.75, 3.05) is 13.1 Å². The summed E-state index contributed by atoms with van der Waals surface area (Å²) in [5.41, 5.74) is 2.19. The van der Waals surface area contributed by atoms with Gasteiger partial charge in [0.1, 0.15) is 0 Å². The number of H-pyrrole nitrogens is 1. The zero-order valence-electron chi connectivity index (χ0n) is 15.3. The fourth-order valence-corrected chi connectivity index (χ4v) is 3.91. The molecule has 1 N–H and O–H groups in total. The molecule has 0 spiro atoms. The molecule has 28 heavy (non-hydrogen) atoms. The summed E-state index contributed by atoms with van der Waals surface area (Å²) in [7, 11) is 0. The Morgan fingerprint density at radius 1 is 1.07 bits per heavy atom. The van der Waals surface area contributed by atoms with Gasteiger partial charge in [-0.25, -0.2) is 13.6 Å². The van der Waals surface area contributed by atoms with Crippen LogP contribution in [0.1, 0.15) is 30.9 Å². The first-order valence-electron chi connectivity index (χ1n) is 9.44. The average molecular weight is 385 g/mol. The zero-order chi connectivity index (χ0) is 19.7. The Morgan fingerprint density at radius 3 is 2.57 bits per heavy atom. The van der Waals surface area contributed by atoms with Gasteiger partial charge in [-0.2, -0.15) is 0 Å². The van der Waals surface area contributed by atoms with Crippen LogP contribution in [0.25, 0.3) is 11.0 Å². The lowest BCUT2D eigenvalue weighted by molar-refractivity contribution is -0.132. The number of benzene rings is 2. The molecule has 2 aromatic carbocycles. The molecule has 0 aliphatic carbocycles. The van der Waals surface area contributed by atoms with Crippen LogP contribution in [0.4, 0.5) is 8.78 Å². The Kier molecular flexibility index (Phi) is 4.98. The third-order valence-electron chi connectivity index (χ3n) is 5.42. The van der Waals surface area contributed by atoms with Gasteiger partial charge in [-0.3, -0.25) is 9.36 Å². The molecule has 146 valence electrons. The monoisotopic (exact) mass is 385 g/mol. The summed E-state index contributed by atoms with van der Waals surface area (Å²) >= 11 is 0. The molecule has 0 bridgehead atoms. The lowest BCUT2D eigenvalue weighted by Gasteiger charge is -2.32. The minimum atomic E-state index is -0.894. The summed E-state index contributed by atoms with van der Waals surface area (Å²) in [6.45, 7) is 1.15. The van der Waals surface area contributed by atoms with Crippen molar-refractivity contribution in [3.8, 4) is 0 Å². The highest BCUT2D eigenvalue weighted by atomic mass is 19.2. The van der Waals surface area contributed by atoms with Gasteiger partial charge in [-0.05, 0) is 49.1 Å². The largest absolute Gasteiger partial charge is 0.343 e. The fraction of sp³-hybridized carbons (Fsp3) is 0.333. The highest BCUT2D eigenvalue weighted by Crippen LogP contribution is 2.25. The number of fused-ring (bicyclic) bond motifs is 1. The number of aryl methyl sites for hydroxylation is 1. The number of hydrogen-bond acceptors (Lipinski definition) is 2. The van der Waals surface area contributed by atoms with E-state index in [1.165, 1.54) is 6.07 Å². The molecule has 1 aliphatic rings. The van der Waals surface area contributed by atoms with Gasteiger partial charge in [-0.1, -0.05) is 18.2 Å². The first-order valence-corrected chi connectivity index (χ1v) is 9.44. The van der Waals surface area contributed by atoms with E-state index in [0.717, 1.165) is 23.2 Å². The van der Waals surface area contributed by atoms with Crippen LogP contribution in [-0.4, -0.2) is 33.4 Å². The normalized spacial score (nSPS) is 15.3. The summed E-state index contributed by atoms with van der Waals surface area (Å²) in [5, 5.41) is 0. The highest BCUT2D eigenvalue weighted by molar-refractivity contribution is 5.77. The molecule has 0 radical (unpaired) electrons. The smallest absolute Gasteiger partial charge is 0.326 e. The molecular weight excluding hydrogens is 364 g/mol. The number of piperidine rings is 1. The molecule has 3 aromatic rings. The number of nitrogens with zero attached hydrogens (tertiary/aromatic N) is 2. The standard InChI is InChI=1S/C21H21F2N3O2/c22-16-7-5-14(13-17(16)23)6-8-20(27)25-11-9-15(10-12-25)26-19-4-2-1-3-18(19)24-21(26)28/h1-5,7,13,15H,6,8-12H2,(H,24,28). The molecule has 0 atom stereocenters. The number of imidazole rings is 1. The van der Waals surface area contributed by atoms with E-state index in [9.17, 15) is 18.4 Å². The van der Waals surface area contributed by atoms with E-state index in [1.807, 2.05) is 24.3 Å². The molecule has 4 rings (SSSR count). The van der Waals surface area contributed by atoms with Crippen LogP contribution in [0.3, 0.4) is 0 Å². The van der Waals surface area contributed by atoms with Crippen LogP contribution in [0.5, 0.6) is 0 Å². The van der Waals surface area contributed by atoms with Crippen molar-refractivity contribution in [2.24, 2.45) is 0 Å². The van der Waals surface area contributed by atoms with Gasteiger partial charge < -0.3 is 9.88 Å². The molecule has 2 heterocycles. The number of rotatable bonds is 4. The lowest BCUT2D eigenvalue weighted by atomic mass is 10.0. The van der Waals surface area contributed by atoms with E-state index >= 15 is 0 Å². The van der Waals surface area contributed by atoms with Crippen LogP contribution in [0.2, 0.25) is 0 Å². The van der Waals surface area contributed by atoms with Gasteiger partial charge in [-0.15, -0.1) is 0 Å². The Hall–Kier alpha value is -2.96. The maximum absolute atomic E-state index is 13.3. The van der Waals surface area contributed by atoms with Gasteiger partial charge in [0, 0.05) is 25.6 Å². The van der Waals surface area contributed by atoms with E-state index in [0.29, 0.717) is 37.9 Å². The fourth-order valence-electron chi connectivity index (χ4n) is 3.91. The number of para-hydroxylation sites is 2. The van der Waals surface area contributed by atoms with Crippen LogP contribution < -0.4 is 5.69 Å². The van der Waals surface area contributed by atoms with Crippen molar-refractivity contribution in [3.63, 3.8) is 0 Å². The zero-order valence-corrected chi connectivity index (χ0v) is 15.3. The molecule has 1 aromatic heterocycles. The molecule has 1 aliphatic heterocycles. The van der Waals surface area contributed by atoms with Gasteiger partial charge in [0.15, 0.2) is 11.6 Å². The van der Waals surface area contributed by atoms with Crippen LogP contribution in [0, 0.1) is 11.6 Å². The predicted octanol–water partition coefficient (Wildman–Crippen LogP) is 3.40. The molecule has 1 saturated heterocycles. The SMILES string of the molecule is O=C(CCc1ccc(F)c(F)c1)N1CCC(n2c(=O)[nH]c3ccccc32)CC1. The number of carbonyl (C=O) groups excluding carboxylic acids is 1. The summed E-state index contributed by atoms with van der Waals surface area (Å²) in [6, 6.07) is 11.4. The van der Waals surface area contributed by atoms with Crippen molar-refractivity contribution >= 4 is 16.9 Å². The summed E-state index contributed by atoms with van der Waals surface area (Å²) < 4.78 is 28.1. The van der Waals surface area contributed by atoms with Crippen molar-refractivity contribution in [1.82, 2.24) is 14.5 Å². The van der Waals surface area contributed by atoms with E-state index in [2.05, 4.69) is 4.98 Å². The summed E-state index contributed by atoms with van der Waals surface area (Å²) in [5.74, 6) is -1.78. The van der Waals surface area contributed by atoms with E-state index < -0.39 is 11.6 Å². The molecule has 0 saturated carbocycles. The number of carbonyl (C=O) groups is 1. The van der Waals surface area contributed by atoms with Gasteiger partial charge >= 0.3 is 5.69 Å². The molecule has 0 unspecified atom stereocenters. The summed E-state index contributed by atoms with van der Waals surface area (Å²) in [4.78, 5) is 29.5. The third-order valence-corrected chi connectivity index (χ3v) is 5.42. The van der Waals surface area contributed by atoms with Crippen molar-refractivity contribution < 1.29 is 13.6 Å². The van der Waals surface area contributed by atoms with Crippen molar-refractivity contribution in [3.05, 3.63) is 70.1 Å². The Morgan fingerprint density at radius 2 is 1.82 bits per heavy atom. The van der Waals surface area contributed by atoms with Crippen LogP contribution in [-0.2, 0) is 11.2 Å². The minimum absolute atomic E-state index is 0.00513. The second-order valence-electron chi connectivity index (χ2n) is 7.18. The molecule has 5 nitrogen and oxygen atoms in total. The summed E-state index contributed by atoms with van der Waals surface area (Å²) in [6.07, 6.45) is 2.04. The molecule has 7 heteroatoms. The van der Waals surface area contributed by atoms with Crippen LogP contribution in [0.15, 0.2) is 47.3 Å². The Balaban J connectivity index is 1.37. The number of aromatic amines is 1. The Labute approximate surface area is 160 Å². The first kappa shape index (κ1) is 18.4. The predicted molar refractivity (Wildman–Crippen MR) is 102 cm³/mol. The lowest BCUT2D eigenvalue weighted by Crippen LogP contribution is -2.40. The van der Waals surface area contributed by atoms with E-state index in [1.54, 1.807) is 9.47 Å². The maximum atomic E-state index is 13.3. The number of aromatic nitrogens is 2. The van der Waals surface area contributed by atoms with Gasteiger partial charge in [0.2, 0.25) is 5.91 Å². The number of hydrogen-bond donors (Lipinski definition) is 1. The quantitative estimate of drug-likeness (QED) is 0.748. The Bertz CT molecular complexity index is 1060. The maximum Gasteiger partial charge on any atom is 0.326 e. The molecule has 1 amide bonds. The first-order chi connectivity index (χ1) is 13.5. The van der Waals surface area contributed by atoms with E-state index in [4.69, 9.17) is 0 Å². The number of amides is 1. The number of nitrogens with one attached hydrogen (secondary N) is 1. The van der Waals surface area contributed by atoms with Gasteiger partial charge in [0.05, 0.1) is 11.0 Å². The minimum Gasteiger partial charge on any atom is -0.343 e. The highest BCUT2D eigenvalue weighted by Gasteiger charge is 2.25. The van der Waals surface area contributed by atoms with Crippen LogP contribution >= 0.6 is 0 Å². The topological polar surface area (TPSA) is 58.1 Å². The van der Waals surface area contributed by atoms with Crippen molar-refractivity contribution in [1.29, 1.82) is 0 Å². The average Bonchev–Trinajstić information content (AvgIpc) is 3.04. The number of halogens is 2. The number of likely N-dealkylation sites (tertiary alicyclic amines) is 1. The van der Waals surface area contributed by atoms with Gasteiger partial charge in [0.25, 0.3) is 0 Å². The van der Waals surface area contributed by atoms with E-state index in [-0.39, 0.29) is 24.1 Å². The second-order valence-corrected chi connectivity index (χ2v) is 7.18. The third kappa shape index (κ3) is 3.56.